The zero-order chi connectivity index (χ0) is 9.30. The highest BCUT2D eigenvalue weighted by atomic mass is 35.5. The Hall–Kier alpha value is -0.870. The summed E-state index contributed by atoms with van der Waals surface area (Å²) in [6.07, 6.45) is 0. The maximum atomic E-state index is 10.5. The predicted molar refractivity (Wildman–Crippen MR) is 47.3 cm³/mol. The first-order valence-electron chi connectivity index (χ1n) is 2.97. The van der Waals surface area contributed by atoms with Gasteiger partial charge in [-0.2, -0.15) is 0 Å². The average molecular weight is 205 g/mol. The molecule has 0 aromatic heterocycles. The van der Waals surface area contributed by atoms with E-state index in [2.05, 4.69) is 12.6 Å². The minimum absolute atomic E-state index is 0.153. The van der Waals surface area contributed by atoms with Crippen LogP contribution in [0.15, 0.2) is 17.0 Å². The quantitative estimate of drug-likeness (QED) is 0.614. The van der Waals surface area contributed by atoms with Crippen molar-refractivity contribution in [3.63, 3.8) is 0 Å². The third-order valence-corrected chi connectivity index (χ3v) is 1.84. The van der Waals surface area contributed by atoms with Crippen molar-refractivity contribution in [2.24, 2.45) is 0 Å². The van der Waals surface area contributed by atoms with Gasteiger partial charge in [0.05, 0.1) is 0 Å². The monoisotopic (exact) mass is 204 g/mol. The molecule has 0 fully saturated rings. The Bertz CT molecular complexity index is 338. The molecular formula is C7H5ClO3S. The first-order valence-corrected chi connectivity index (χ1v) is 3.79. The van der Waals surface area contributed by atoms with Crippen LogP contribution in [0.4, 0.5) is 0 Å². The van der Waals surface area contributed by atoms with Crippen LogP contribution < -0.4 is 0 Å². The SMILES string of the molecule is O=C(O)c1cc(Cl)cc(S)c1O. The van der Waals surface area contributed by atoms with Crippen molar-refractivity contribution in [1.29, 1.82) is 0 Å². The molecule has 5 heteroatoms. The third-order valence-electron chi connectivity index (χ3n) is 1.28. The second-order valence-corrected chi connectivity index (χ2v) is 3.04. The summed E-state index contributed by atoms with van der Waals surface area (Å²) >= 11 is 9.38. The van der Waals surface area contributed by atoms with Crippen LogP contribution in [0.25, 0.3) is 0 Å². The molecule has 0 aliphatic carbocycles. The first kappa shape index (κ1) is 9.22. The van der Waals surface area contributed by atoms with Crippen molar-refractivity contribution in [3.05, 3.63) is 22.7 Å². The Morgan fingerprint density at radius 2 is 2.08 bits per heavy atom. The molecule has 0 amide bonds. The van der Waals surface area contributed by atoms with Gasteiger partial charge in [0.2, 0.25) is 0 Å². The number of hydrogen-bond donors (Lipinski definition) is 3. The topological polar surface area (TPSA) is 57.5 Å². The van der Waals surface area contributed by atoms with E-state index >= 15 is 0 Å². The molecule has 1 aromatic rings. The molecule has 0 spiro atoms. The summed E-state index contributed by atoms with van der Waals surface area (Å²) in [5, 5.41) is 18.0. The van der Waals surface area contributed by atoms with Crippen molar-refractivity contribution in [3.8, 4) is 5.75 Å². The van der Waals surface area contributed by atoms with Gasteiger partial charge in [0, 0.05) is 9.92 Å². The Balaban J connectivity index is 3.37. The standard InChI is InChI=1S/C7H5ClO3S/c8-3-1-4(7(10)11)6(9)5(12)2-3/h1-2,9,12H,(H,10,11). The van der Waals surface area contributed by atoms with Crippen molar-refractivity contribution in [2.75, 3.05) is 0 Å². The highest BCUT2D eigenvalue weighted by molar-refractivity contribution is 7.80. The fourth-order valence-electron chi connectivity index (χ4n) is 0.748. The summed E-state index contributed by atoms with van der Waals surface area (Å²) in [6.45, 7) is 0. The molecule has 0 heterocycles. The van der Waals surface area contributed by atoms with Gasteiger partial charge in [-0.25, -0.2) is 4.79 Å². The van der Waals surface area contributed by atoms with E-state index in [9.17, 15) is 9.90 Å². The lowest BCUT2D eigenvalue weighted by molar-refractivity contribution is 0.0693. The van der Waals surface area contributed by atoms with E-state index in [4.69, 9.17) is 16.7 Å². The molecule has 3 nitrogen and oxygen atoms in total. The molecule has 0 aliphatic heterocycles. The molecule has 0 unspecified atom stereocenters. The van der Waals surface area contributed by atoms with Crippen molar-refractivity contribution >= 4 is 30.2 Å². The lowest BCUT2D eigenvalue weighted by Crippen LogP contribution is -1.96. The van der Waals surface area contributed by atoms with E-state index < -0.39 is 5.97 Å². The molecule has 0 saturated carbocycles. The minimum Gasteiger partial charge on any atom is -0.506 e. The van der Waals surface area contributed by atoms with Gasteiger partial charge in [0.1, 0.15) is 11.3 Å². The number of halogens is 1. The van der Waals surface area contributed by atoms with Crippen LogP contribution in [-0.2, 0) is 0 Å². The number of hydrogen-bond acceptors (Lipinski definition) is 3. The van der Waals surface area contributed by atoms with Gasteiger partial charge >= 0.3 is 5.97 Å². The van der Waals surface area contributed by atoms with Gasteiger partial charge in [-0.05, 0) is 12.1 Å². The van der Waals surface area contributed by atoms with Gasteiger partial charge < -0.3 is 10.2 Å². The molecule has 64 valence electrons. The van der Waals surface area contributed by atoms with Gasteiger partial charge in [-0.1, -0.05) is 11.6 Å². The first-order chi connectivity index (χ1) is 5.52. The maximum Gasteiger partial charge on any atom is 0.339 e. The lowest BCUT2D eigenvalue weighted by atomic mass is 10.2. The van der Waals surface area contributed by atoms with Crippen LogP contribution in [0.2, 0.25) is 5.02 Å². The number of thiol groups is 1. The van der Waals surface area contributed by atoms with E-state index in [0.29, 0.717) is 0 Å². The summed E-state index contributed by atoms with van der Waals surface area (Å²) in [7, 11) is 0. The molecule has 0 radical (unpaired) electrons. The van der Waals surface area contributed by atoms with Crippen molar-refractivity contribution in [1.82, 2.24) is 0 Å². The van der Waals surface area contributed by atoms with Crippen molar-refractivity contribution in [2.45, 2.75) is 4.90 Å². The van der Waals surface area contributed by atoms with Gasteiger partial charge in [0.25, 0.3) is 0 Å². The average Bonchev–Trinajstić information content (AvgIpc) is 1.96. The fraction of sp³-hybridized carbons (Fsp3) is 0. The number of carbonyl (C=O) groups is 1. The number of carboxylic acids is 1. The smallest absolute Gasteiger partial charge is 0.339 e. The highest BCUT2D eigenvalue weighted by Gasteiger charge is 2.12. The molecule has 0 atom stereocenters. The van der Waals surface area contributed by atoms with Gasteiger partial charge in [0.15, 0.2) is 0 Å². The maximum absolute atomic E-state index is 10.5. The fourth-order valence-corrected chi connectivity index (χ4v) is 1.30. The summed E-state index contributed by atoms with van der Waals surface area (Å²) in [4.78, 5) is 10.6. The van der Waals surface area contributed by atoms with Crippen LogP contribution in [-0.4, -0.2) is 16.2 Å². The number of benzene rings is 1. The molecule has 0 bridgehead atoms. The normalized spacial score (nSPS) is 9.83. The minimum atomic E-state index is -1.23. The molecule has 2 N–H and O–H groups in total. The largest absolute Gasteiger partial charge is 0.506 e. The van der Waals surface area contributed by atoms with E-state index in [1.54, 1.807) is 0 Å². The predicted octanol–water partition coefficient (Wildman–Crippen LogP) is 2.03. The summed E-state index contributed by atoms with van der Waals surface area (Å²) < 4.78 is 0. The van der Waals surface area contributed by atoms with E-state index in [1.165, 1.54) is 12.1 Å². The van der Waals surface area contributed by atoms with E-state index in [-0.39, 0.29) is 21.2 Å². The Labute approximate surface area is 79.0 Å². The second-order valence-electron chi connectivity index (χ2n) is 2.13. The molecule has 0 saturated heterocycles. The zero-order valence-corrected chi connectivity index (χ0v) is 7.43. The van der Waals surface area contributed by atoms with Crippen LogP contribution in [0, 0.1) is 0 Å². The highest BCUT2D eigenvalue weighted by Crippen LogP contribution is 2.29. The third kappa shape index (κ3) is 1.65. The summed E-state index contributed by atoms with van der Waals surface area (Å²) in [6, 6.07) is 2.53. The summed E-state index contributed by atoms with van der Waals surface area (Å²) in [5.74, 6) is -1.60. The van der Waals surface area contributed by atoms with E-state index in [1.807, 2.05) is 0 Å². The Morgan fingerprint density at radius 1 is 1.50 bits per heavy atom. The molecular weight excluding hydrogens is 200 g/mol. The number of aromatic carboxylic acids is 1. The number of carboxylic acid groups (broad SMARTS) is 1. The molecule has 12 heavy (non-hydrogen) atoms. The van der Waals surface area contributed by atoms with Crippen LogP contribution >= 0.6 is 24.2 Å². The second kappa shape index (κ2) is 3.25. The number of phenols is 1. The van der Waals surface area contributed by atoms with Crippen LogP contribution in [0.5, 0.6) is 5.75 Å². The Morgan fingerprint density at radius 3 is 2.58 bits per heavy atom. The molecule has 0 aliphatic rings. The van der Waals surface area contributed by atoms with Crippen LogP contribution in [0.1, 0.15) is 10.4 Å². The lowest BCUT2D eigenvalue weighted by Gasteiger charge is -2.02. The zero-order valence-electron chi connectivity index (χ0n) is 5.78. The van der Waals surface area contributed by atoms with Crippen molar-refractivity contribution < 1.29 is 15.0 Å². The Kier molecular flexibility index (Phi) is 2.49. The van der Waals surface area contributed by atoms with Gasteiger partial charge in [-0.15, -0.1) is 12.6 Å². The number of aromatic hydroxyl groups is 1. The van der Waals surface area contributed by atoms with Crippen LogP contribution in [0.3, 0.4) is 0 Å². The number of rotatable bonds is 1. The summed E-state index contributed by atoms with van der Waals surface area (Å²) in [5.41, 5.74) is -0.243. The molecule has 1 rings (SSSR count). The molecule has 1 aromatic carbocycles. The van der Waals surface area contributed by atoms with Gasteiger partial charge in [-0.3, -0.25) is 0 Å². The van der Waals surface area contributed by atoms with E-state index in [0.717, 1.165) is 0 Å².